The molecule has 0 radical (unpaired) electrons. The summed E-state index contributed by atoms with van der Waals surface area (Å²) in [7, 11) is 0. The van der Waals surface area contributed by atoms with Gasteiger partial charge in [0.2, 0.25) is 0 Å². The maximum absolute atomic E-state index is 6.37. The summed E-state index contributed by atoms with van der Waals surface area (Å²) in [6.45, 7) is 7.60. The molecular weight excluding hydrogens is 92.1 g/mol. The second-order valence-electron chi connectivity index (χ2n) is 1.12. The van der Waals surface area contributed by atoms with Crippen LogP contribution in [0, 0.1) is 6.57 Å². The van der Waals surface area contributed by atoms with Gasteiger partial charge in [-0.2, -0.15) is 0 Å². The number of aliphatic imine (C=N–C) groups is 1. The van der Waals surface area contributed by atoms with E-state index in [1.807, 2.05) is 0 Å². The molecule has 0 spiro atoms. The van der Waals surface area contributed by atoms with Crippen molar-refractivity contribution in [3.8, 4) is 0 Å². The van der Waals surface area contributed by atoms with E-state index < -0.39 is 0 Å². The Morgan fingerprint density at radius 2 is 2.71 bits per heavy atom. The van der Waals surface area contributed by atoms with Crippen LogP contribution in [-0.2, 0) is 4.74 Å². The van der Waals surface area contributed by atoms with Crippen LogP contribution in [0.3, 0.4) is 0 Å². The molecule has 0 aromatic heterocycles. The third kappa shape index (κ3) is 0.686. The summed E-state index contributed by atoms with van der Waals surface area (Å²) in [5.74, 6) is 0. The minimum atomic E-state index is 0.208. The van der Waals surface area contributed by atoms with Crippen LogP contribution in [0.25, 0.3) is 4.85 Å². The van der Waals surface area contributed by atoms with Crippen molar-refractivity contribution in [3.05, 3.63) is 11.4 Å². The first-order valence-electron chi connectivity index (χ1n) is 1.98. The van der Waals surface area contributed by atoms with Gasteiger partial charge < -0.3 is 9.58 Å². The van der Waals surface area contributed by atoms with Gasteiger partial charge in [-0.15, -0.1) is 4.99 Å². The molecule has 7 heavy (non-hydrogen) atoms. The number of rotatable bonds is 0. The van der Waals surface area contributed by atoms with Crippen LogP contribution in [-0.4, -0.2) is 19.2 Å². The van der Waals surface area contributed by atoms with Gasteiger partial charge in [-0.1, -0.05) is 6.57 Å². The lowest BCUT2D eigenvalue weighted by Crippen LogP contribution is -1.89. The Kier molecular flexibility index (Phi) is 0.947. The van der Waals surface area contributed by atoms with Gasteiger partial charge in [0.15, 0.2) is 0 Å². The molecule has 3 heteroatoms. The average Bonchev–Trinajstić information content (AvgIpc) is 2.14. The van der Waals surface area contributed by atoms with Crippen LogP contribution in [0.5, 0.6) is 0 Å². The monoisotopic (exact) mass is 96.0 g/mol. The smallest absolute Gasteiger partial charge is 0.439 e. The van der Waals surface area contributed by atoms with E-state index in [9.17, 15) is 0 Å². The number of nitrogens with zero attached hydrogens (tertiary/aromatic N) is 2. The Labute approximate surface area is 41.4 Å². The first kappa shape index (κ1) is 4.13. The van der Waals surface area contributed by atoms with Crippen LogP contribution in [0.2, 0.25) is 0 Å². The summed E-state index contributed by atoms with van der Waals surface area (Å²) in [5, 5.41) is 0. The zero-order valence-electron chi connectivity index (χ0n) is 3.72. The van der Waals surface area contributed by atoms with Gasteiger partial charge in [0.05, 0.1) is 0 Å². The lowest BCUT2D eigenvalue weighted by molar-refractivity contribution is 0.349. The lowest BCUT2D eigenvalue weighted by atomic mass is 10.8. The summed E-state index contributed by atoms with van der Waals surface area (Å²) in [6, 6.07) is 0.208. The Morgan fingerprint density at radius 1 is 1.86 bits per heavy atom. The fraction of sp³-hybridized carbons (Fsp3) is 0.500. The fourth-order valence-electron chi connectivity index (χ4n) is 0.391. The van der Waals surface area contributed by atoms with Crippen molar-refractivity contribution in [3.63, 3.8) is 0 Å². The quantitative estimate of drug-likeness (QED) is 0.398. The van der Waals surface area contributed by atoms with E-state index in [2.05, 4.69) is 9.84 Å². The molecule has 0 unspecified atom stereocenters. The van der Waals surface area contributed by atoms with E-state index >= 15 is 0 Å². The van der Waals surface area contributed by atoms with Gasteiger partial charge >= 0.3 is 6.02 Å². The zero-order valence-corrected chi connectivity index (χ0v) is 3.72. The Morgan fingerprint density at radius 3 is 3.00 bits per heavy atom. The van der Waals surface area contributed by atoms with Crippen LogP contribution < -0.4 is 0 Å². The molecule has 0 aromatic carbocycles. The first-order valence-corrected chi connectivity index (χ1v) is 1.98. The highest BCUT2D eigenvalue weighted by Crippen LogP contribution is 1.92. The van der Waals surface area contributed by atoms with Crippen molar-refractivity contribution in [2.24, 2.45) is 4.99 Å². The van der Waals surface area contributed by atoms with E-state index in [-0.39, 0.29) is 6.02 Å². The van der Waals surface area contributed by atoms with Crippen LogP contribution in [0.4, 0.5) is 0 Å². The molecule has 0 amide bonds. The van der Waals surface area contributed by atoms with Crippen molar-refractivity contribution in [2.75, 3.05) is 13.2 Å². The normalized spacial score (nSPS) is 17.3. The van der Waals surface area contributed by atoms with Gasteiger partial charge in [-0.05, 0) is 0 Å². The minimum Gasteiger partial charge on any atom is -0.498 e. The molecule has 0 atom stereocenters. The molecule has 1 aliphatic rings. The molecular formula is C4H4N2O. The SMILES string of the molecule is [C-]#[N+]C1=NCCO1. The minimum absolute atomic E-state index is 0.208. The van der Waals surface area contributed by atoms with Gasteiger partial charge in [-0.25, -0.2) is 0 Å². The summed E-state index contributed by atoms with van der Waals surface area (Å²) in [4.78, 5) is 6.66. The molecule has 36 valence electrons. The van der Waals surface area contributed by atoms with E-state index in [4.69, 9.17) is 11.3 Å². The highest BCUT2D eigenvalue weighted by Gasteiger charge is 2.05. The van der Waals surface area contributed by atoms with E-state index in [1.165, 1.54) is 0 Å². The largest absolute Gasteiger partial charge is 0.498 e. The van der Waals surface area contributed by atoms with Crippen LogP contribution in [0.1, 0.15) is 0 Å². The van der Waals surface area contributed by atoms with E-state index in [0.29, 0.717) is 13.2 Å². The molecule has 0 saturated heterocycles. The maximum Gasteiger partial charge on any atom is 0.439 e. The van der Waals surface area contributed by atoms with E-state index in [0.717, 1.165) is 0 Å². The third-order valence-electron chi connectivity index (χ3n) is 0.665. The van der Waals surface area contributed by atoms with Crippen LogP contribution >= 0.6 is 0 Å². The third-order valence-corrected chi connectivity index (χ3v) is 0.665. The summed E-state index contributed by atoms with van der Waals surface area (Å²) < 4.78 is 4.70. The van der Waals surface area contributed by atoms with Crippen molar-refractivity contribution >= 4 is 6.02 Å². The molecule has 0 fully saturated rings. The number of amidine groups is 1. The lowest BCUT2D eigenvalue weighted by Gasteiger charge is -1.85. The van der Waals surface area contributed by atoms with Crippen molar-refractivity contribution < 1.29 is 4.74 Å². The molecule has 0 aliphatic carbocycles. The van der Waals surface area contributed by atoms with Crippen molar-refractivity contribution in [1.82, 2.24) is 0 Å². The van der Waals surface area contributed by atoms with E-state index in [1.54, 1.807) is 0 Å². The predicted octanol–water partition coefficient (Wildman–Crippen LogP) is 0.292. The second-order valence-corrected chi connectivity index (χ2v) is 1.12. The average molecular weight is 96.1 g/mol. The molecule has 0 bridgehead atoms. The number of ether oxygens (including phenoxy) is 1. The number of hydrogen-bond acceptors (Lipinski definition) is 2. The van der Waals surface area contributed by atoms with Crippen molar-refractivity contribution in [1.29, 1.82) is 0 Å². The number of hydrogen-bond donors (Lipinski definition) is 0. The molecule has 1 heterocycles. The fourth-order valence-corrected chi connectivity index (χ4v) is 0.391. The molecule has 0 N–H and O–H groups in total. The van der Waals surface area contributed by atoms with Gasteiger partial charge in [-0.3, -0.25) is 0 Å². The Bertz CT molecular complexity index is 133. The molecule has 0 aromatic rings. The molecule has 1 aliphatic heterocycles. The maximum atomic E-state index is 6.37. The topological polar surface area (TPSA) is 25.9 Å². The predicted molar refractivity (Wildman–Crippen MR) is 24.9 cm³/mol. The highest BCUT2D eigenvalue weighted by atomic mass is 16.5. The standard InChI is InChI=1S/C4H4N2O/c1-5-4-6-2-3-7-4/h2-3H2. The van der Waals surface area contributed by atoms with Gasteiger partial charge in [0.1, 0.15) is 13.2 Å². The summed E-state index contributed by atoms with van der Waals surface area (Å²) in [6.07, 6.45) is 0. The summed E-state index contributed by atoms with van der Waals surface area (Å²) >= 11 is 0. The Hall–Kier alpha value is -1.04. The molecule has 1 rings (SSSR count). The molecule has 3 nitrogen and oxygen atoms in total. The van der Waals surface area contributed by atoms with Crippen LogP contribution in [0.15, 0.2) is 4.99 Å². The van der Waals surface area contributed by atoms with Gasteiger partial charge in [0.25, 0.3) is 0 Å². The van der Waals surface area contributed by atoms with Gasteiger partial charge in [0, 0.05) is 0 Å². The van der Waals surface area contributed by atoms with Crippen molar-refractivity contribution in [2.45, 2.75) is 0 Å². The second kappa shape index (κ2) is 1.61. The molecule has 0 saturated carbocycles. The Balaban J connectivity index is 2.57. The first-order chi connectivity index (χ1) is 3.43. The zero-order chi connectivity index (χ0) is 5.11. The summed E-state index contributed by atoms with van der Waals surface area (Å²) in [5.41, 5.74) is 0. The highest BCUT2D eigenvalue weighted by molar-refractivity contribution is 5.84.